The molecule has 0 bridgehead atoms. The van der Waals surface area contributed by atoms with Crippen LogP contribution in [0.1, 0.15) is 117 Å². The lowest BCUT2D eigenvalue weighted by atomic mass is 9.35. The molecule has 0 aromatic heterocycles. The number of aliphatic hydroxyl groups excluding tert-OH is 1. The molecule has 0 radical (unpaired) electrons. The van der Waals surface area contributed by atoms with E-state index >= 15 is 0 Å². The van der Waals surface area contributed by atoms with Crippen LogP contribution in [0.5, 0.6) is 5.75 Å². The summed E-state index contributed by atoms with van der Waals surface area (Å²) in [5, 5.41) is 24.8. The molecule has 242 valence electrons. The Morgan fingerprint density at radius 1 is 1.02 bits per heavy atom. The summed E-state index contributed by atoms with van der Waals surface area (Å²) in [6.45, 7) is 18.4. The molecule has 1 saturated heterocycles. The minimum Gasteiger partial charge on any atom is -0.508 e. The van der Waals surface area contributed by atoms with E-state index in [0.29, 0.717) is 31.1 Å². The Bertz CT molecular complexity index is 1410. The Morgan fingerprint density at radius 2 is 1.70 bits per heavy atom. The number of ketones is 2. The third-order valence-electron chi connectivity index (χ3n) is 13.8. The number of phenolic OH excluding ortho intramolecular Hbond substituents is 1. The highest BCUT2D eigenvalue weighted by Gasteiger charge is 2.69. The standard InChI is InChI=1S/C38H55NO5/c1-21(14-27(41)33-35(4,5)44-33)31-26-10-11-30-36(6)18-25(23-15-22(20-39-9)16-24(40)17-23)32(43)34(2,3)29(36)12-13-37(30,7)38(26,8)19-28(31)42/h15-17,21,25,27,29-30,33,39-41H,10-14,18-20H2,1-9H3/t21-,25-,27-,29+,30-,33-,36-,37+,38+/m1/s1. The molecular formula is C38H55NO5. The molecule has 1 aromatic rings. The summed E-state index contributed by atoms with van der Waals surface area (Å²) in [4.78, 5) is 28.2. The Labute approximate surface area is 264 Å². The number of fused-ring (bicyclic) bond motifs is 5. The number of aliphatic hydroxyl groups is 1. The fourth-order valence-electron chi connectivity index (χ4n) is 11.6. The Balaban J connectivity index is 1.35. The van der Waals surface area contributed by atoms with Crippen molar-refractivity contribution >= 4 is 11.6 Å². The van der Waals surface area contributed by atoms with Gasteiger partial charge in [0, 0.05) is 29.7 Å². The van der Waals surface area contributed by atoms with Crippen LogP contribution in [0.25, 0.3) is 0 Å². The SMILES string of the molecule is CNCc1cc(O)cc([C@H]2C[C@@]3(C)[C@H]4CCC5=C([C@H](C)C[C@@H](O)[C@H]6OC6(C)C)C(=O)C[C@]5(C)[C@@]4(C)CC[C@H]3C(C)(C)C2=O)c1. The summed E-state index contributed by atoms with van der Waals surface area (Å²) in [7, 11) is 1.89. The van der Waals surface area contributed by atoms with E-state index in [2.05, 4.69) is 52.9 Å². The Morgan fingerprint density at radius 3 is 2.34 bits per heavy atom. The first kappa shape index (κ1) is 31.9. The maximum Gasteiger partial charge on any atom is 0.159 e. The van der Waals surface area contributed by atoms with Gasteiger partial charge in [0.1, 0.15) is 17.6 Å². The number of carbonyl (C=O) groups excluding carboxylic acids is 2. The molecule has 5 aliphatic rings. The van der Waals surface area contributed by atoms with Crippen molar-refractivity contribution in [3.63, 3.8) is 0 Å². The van der Waals surface area contributed by atoms with Crippen LogP contribution >= 0.6 is 0 Å². The lowest BCUT2D eigenvalue weighted by Gasteiger charge is -2.68. The van der Waals surface area contributed by atoms with Crippen molar-refractivity contribution in [2.24, 2.45) is 39.4 Å². The zero-order valence-electron chi connectivity index (χ0n) is 28.5. The Hall–Kier alpha value is -2.02. The second-order valence-electron chi connectivity index (χ2n) is 17.1. The number of carbonyl (C=O) groups is 2. The van der Waals surface area contributed by atoms with E-state index in [0.717, 1.165) is 48.8 Å². The van der Waals surface area contributed by atoms with Crippen LogP contribution in [0.4, 0.5) is 0 Å². The lowest BCUT2D eigenvalue weighted by Crippen LogP contribution is -2.63. The molecular weight excluding hydrogens is 550 g/mol. The van der Waals surface area contributed by atoms with E-state index in [9.17, 15) is 19.8 Å². The molecule has 1 heterocycles. The summed E-state index contributed by atoms with van der Waals surface area (Å²) in [6, 6.07) is 5.69. The third kappa shape index (κ3) is 4.52. The average Bonchev–Trinajstić information content (AvgIpc) is 3.46. The van der Waals surface area contributed by atoms with Crippen molar-refractivity contribution < 1.29 is 24.5 Å². The van der Waals surface area contributed by atoms with Gasteiger partial charge in [-0.25, -0.2) is 0 Å². The number of Topliss-reactive ketones (excluding diaryl/α,β-unsaturated/α-hetero) is 2. The van der Waals surface area contributed by atoms with Crippen molar-refractivity contribution in [1.82, 2.24) is 5.32 Å². The highest BCUT2D eigenvalue weighted by Crippen LogP contribution is 2.74. The van der Waals surface area contributed by atoms with Gasteiger partial charge in [0.15, 0.2) is 5.78 Å². The molecule has 0 unspecified atom stereocenters. The number of ether oxygens (including phenoxy) is 1. The number of nitrogens with one attached hydrogen (secondary N) is 1. The normalized spacial score (nSPS) is 40.2. The number of allylic oxidation sites excluding steroid dienone is 2. The van der Waals surface area contributed by atoms with E-state index in [1.165, 1.54) is 5.57 Å². The molecule has 1 aromatic carbocycles. The van der Waals surface area contributed by atoms with Gasteiger partial charge in [0.2, 0.25) is 0 Å². The van der Waals surface area contributed by atoms with Crippen LogP contribution in [-0.4, -0.2) is 46.6 Å². The van der Waals surface area contributed by atoms with E-state index in [1.54, 1.807) is 12.1 Å². The summed E-state index contributed by atoms with van der Waals surface area (Å²) in [6.07, 6.45) is 5.05. The van der Waals surface area contributed by atoms with Crippen LogP contribution < -0.4 is 5.32 Å². The summed E-state index contributed by atoms with van der Waals surface area (Å²) < 4.78 is 5.73. The van der Waals surface area contributed by atoms with Crippen LogP contribution in [0.2, 0.25) is 0 Å². The van der Waals surface area contributed by atoms with Crippen molar-refractivity contribution in [2.75, 3.05) is 7.05 Å². The molecule has 0 spiro atoms. The summed E-state index contributed by atoms with van der Waals surface area (Å²) in [5.74, 6) is 1.15. The maximum absolute atomic E-state index is 14.3. The topological polar surface area (TPSA) is 99.2 Å². The van der Waals surface area contributed by atoms with Gasteiger partial charge in [0.05, 0.1) is 11.7 Å². The first-order valence-corrected chi connectivity index (χ1v) is 17.0. The molecule has 4 aliphatic carbocycles. The zero-order chi connectivity index (χ0) is 32.2. The molecule has 6 heteroatoms. The number of benzene rings is 1. The fourth-order valence-corrected chi connectivity index (χ4v) is 11.6. The van der Waals surface area contributed by atoms with Gasteiger partial charge in [-0.15, -0.1) is 0 Å². The monoisotopic (exact) mass is 605 g/mol. The highest BCUT2D eigenvalue weighted by atomic mass is 16.6. The van der Waals surface area contributed by atoms with Crippen LogP contribution in [0.15, 0.2) is 29.3 Å². The van der Waals surface area contributed by atoms with Gasteiger partial charge >= 0.3 is 0 Å². The van der Waals surface area contributed by atoms with Crippen molar-refractivity contribution in [3.8, 4) is 5.75 Å². The van der Waals surface area contributed by atoms with Gasteiger partial charge in [-0.3, -0.25) is 9.59 Å². The van der Waals surface area contributed by atoms with Gasteiger partial charge in [-0.05, 0) is 117 Å². The molecule has 9 atom stereocenters. The number of rotatable bonds is 7. The predicted molar refractivity (Wildman–Crippen MR) is 172 cm³/mol. The number of hydrogen-bond donors (Lipinski definition) is 3. The largest absolute Gasteiger partial charge is 0.508 e. The molecule has 3 N–H and O–H groups in total. The summed E-state index contributed by atoms with van der Waals surface area (Å²) >= 11 is 0. The smallest absolute Gasteiger partial charge is 0.159 e. The number of aromatic hydroxyl groups is 1. The lowest BCUT2D eigenvalue weighted by molar-refractivity contribution is -0.183. The van der Waals surface area contributed by atoms with E-state index in [4.69, 9.17) is 4.74 Å². The van der Waals surface area contributed by atoms with Crippen LogP contribution in [-0.2, 0) is 20.9 Å². The molecule has 0 amide bonds. The molecule has 3 saturated carbocycles. The van der Waals surface area contributed by atoms with E-state index in [-0.39, 0.29) is 57.2 Å². The second-order valence-corrected chi connectivity index (χ2v) is 17.1. The minimum atomic E-state index is -0.570. The number of epoxide rings is 1. The van der Waals surface area contributed by atoms with Crippen LogP contribution in [0, 0.1) is 39.4 Å². The van der Waals surface area contributed by atoms with Gasteiger partial charge < -0.3 is 20.3 Å². The average molecular weight is 606 g/mol. The highest BCUT2D eigenvalue weighted by molar-refractivity contribution is 6.00. The zero-order valence-corrected chi connectivity index (χ0v) is 28.5. The second kappa shape index (κ2) is 10.2. The predicted octanol–water partition coefficient (Wildman–Crippen LogP) is 6.87. The van der Waals surface area contributed by atoms with E-state index < -0.39 is 11.5 Å². The summed E-state index contributed by atoms with van der Waals surface area (Å²) in [5.41, 5.74) is 3.09. The number of phenols is 1. The third-order valence-corrected chi connectivity index (χ3v) is 13.8. The Kier molecular flexibility index (Phi) is 7.43. The first-order chi connectivity index (χ1) is 20.4. The molecule has 44 heavy (non-hydrogen) atoms. The fraction of sp³-hybridized carbons (Fsp3) is 0.737. The quantitative estimate of drug-likeness (QED) is 0.294. The van der Waals surface area contributed by atoms with Gasteiger partial charge in [-0.2, -0.15) is 0 Å². The minimum absolute atomic E-state index is 0.00502. The first-order valence-electron chi connectivity index (χ1n) is 17.0. The van der Waals surface area contributed by atoms with Crippen molar-refractivity contribution in [1.29, 1.82) is 0 Å². The molecule has 1 aliphatic heterocycles. The molecule has 6 rings (SSSR count). The maximum atomic E-state index is 14.3. The van der Waals surface area contributed by atoms with Gasteiger partial charge in [0.25, 0.3) is 0 Å². The van der Waals surface area contributed by atoms with Crippen molar-refractivity contribution in [3.05, 3.63) is 40.5 Å². The molecule has 6 nitrogen and oxygen atoms in total. The van der Waals surface area contributed by atoms with Gasteiger partial charge in [-0.1, -0.05) is 53.2 Å². The molecule has 4 fully saturated rings. The van der Waals surface area contributed by atoms with E-state index in [1.807, 2.05) is 20.9 Å². The van der Waals surface area contributed by atoms with Crippen LogP contribution in [0.3, 0.4) is 0 Å². The van der Waals surface area contributed by atoms with Crippen molar-refractivity contribution in [2.45, 2.75) is 131 Å². The number of hydrogen-bond acceptors (Lipinski definition) is 6.